The first-order chi connectivity index (χ1) is 11.6. The molecule has 0 aliphatic heterocycles. The Labute approximate surface area is 141 Å². The Hall–Kier alpha value is -2.74. The topological polar surface area (TPSA) is 91.9 Å². The molecular formula is C15H14ClN5O3. The maximum atomic E-state index is 12.6. The molecule has 3 aromatic rings. The highest BCUT2D eigenvalue weighted by Crippen LogP contribution is 2.16. The van der Waals surface area contributed by atoms with Crippen LogP contribution in [0.5, 0.6) is 0 Å². The van der Waals surface area contributed by atoms with Gasteiger partial charge >= 0.3 is 5.97 Å². The van der Waals surface area contributed by atoms with Crippen LogP contribution >= 0.6 is 11.6 Å². The fourth-order valence-electron chi connectivity index (χ4n) is 2.41. The van der Waals surface area contributed by atoms with E-state index in [4.69, 9.17) is 16.3 Å². The van der Waals surface area contributed by atoms with Gasteiger partial charge in [-0.05, 0) is 30.7 Å². The second-order valence-corrected chi connectivity index (χ2v) is 5.49. The van der Waals surface area contributed by atoms with E-state index in [9.17, 15) is 9.59 Å². The van der Waals surface area contributed by atoms with Crippen molar-refractivity contribution in [1.29, 1.82) is 0 Å². The Bertz CT molecular complexity index is 948. The molecule has 0 N–H and O–H groups in total. The number of nitrogens with zero attached hydrogens (tertiary/aromatic N) is 5. The second-order valence-electron chi connectivity index (χ2n) is 5.05. The molecule has 0 fully saturated rings. The quantitative estimate of drug-likeness (QED) is 0.668. The van der Waals surface area contributed by atoms with E-state index in [0.29, 0.717) is 22.8 Å². The molecule has 0 aliphatic carbocycles. The van der Waals surface area contributed by atoms with E-state index in [1.807, 2.05) is 0 Å². The number of esters is 1. The van der Waals surface area contributed by atoms with Gasteiger partial charge in [0.15, 0.2) is 11.2 Å². The highest BCUT2D eigenvalue weighted by Gasteiger charge is 2.23. The largest absolute Gasteiger partial charge is 0.467 e. The Morgan fingerprint density at radius 3 is 2.67 bits per heavy atom. The third kappa shape index (κ3) is 2.65. The van der Waals surface area contributed by atoms with E-state index < -0.39 is 17.6 Å². The van der Waals surface area contributed by atoms with Crippen molar-refractivity contribution >= 4 is 28.7 Å². The number of fused-ring (bicyclic) bond motifs is 1. The first-order valence-electron chi connectivity index (χ1n) is 7.23. The number of halogens is 1. The van der Waals surface area contributed by atoms with Gasteiger partial charge in [0, 0.05) is 5.02 Å². The normalized spacial score (nSPS) is 12.3. The van der Waals surface area contributed by atoms with Gasteiger partial charge in [-0.15, -0.1) is 5.10 Å². The molecular weight excluding hydrogens is 334 g/mol. The zero-order valence-corrected chi connectivity index (χ0v) is 13.8. The van der Waals surface area contributed by atoms with Crippen molar-refractivity contribution in [3.8, 4) is 5.69 Å². The number of carbonyl (C=O) groups is 1. The van der Waals surface area contributed by atoms with Gasteiger partial charge in [-0.25, -0.2) is 9.78 Å². The van der Waals surface area contributed by atoms with Gasteiger partial charge in [0.1, 0.15) is 12.4 Å². The third-order valence-corrected chi connectivity index (χ3v) is 3.91. The molecule has 0 bridgehead atoms. The first-order valence-corrected chi connectivity index (χ1v) is 7.61. The van der Waals surface area contributed by atoms with E-state index in [0.717, 1.165) is 0 Å². The van der Waals surface area contributed by atoms with Crippen molar-refractivity contribution < 1.29 is 9.53 Å². The Morgan fingerprint density at radius 2 is 2.04 bits per heavy atom. The van der Waals surface area contributed by atoms with Gasteiger partial charge in [0.2, 0.25) is 0 Å². The molecule has 0 spiro atoms. The highest BCUT2D eigenvalue weighted by atomic mass is 35.5. The van der Waals surface area contributed by atoms with Crippen molar-refractivity contribution in [3.63, 3.8) is 0 Å². The summed E-state index contributed by atoms with van der Waals surface area (Å²) in [7, 11) is 1.28. The van der Waals surface area contributed by atoms with Crippen LogP contribution in [-0.2, 0) is 9.53 Å². The van der Waals surface area contributed by atoms with E-state index in [1.165, 1.54) is 22.7 Å². The maximum Gasteiger partial charge on any atom is 0.329 e. The molecule has 2 heterocycles. The average Bonchev–Trinajstić information content (AvgIpc) is 3.02. The van der Waals surface area contributed by atoms with E-state index in [-0.39, 0.29) is 5.52 Å². The molecule has 9 heteroatoms. The van der Waals surface area contributed by atoms with Crippen LogP contribution in [0.1, 0.15) is 19.4 Å². The van der Waals surface area contributed by atoms with Gasteiger partial charge in [-0.2, -0.15) is 4.68 Å². The van der Waals surface area contributed by atoms with Crippen LogP contribution < -0.4 is 5.56 Å². The van der Waals surface area contributed by atoms with Crippen molar-refractivity contribution in [2.45, 2.75) is 19.4 Å². The van der Waals surface area contributed by atoms with Crippen LogP contribution in [0, 0.1) is 0 Å². The van der Waals surface area contributed by atoms with Crippen LogP contribution in [0.25, 0.3) is 16.9 Å². The standard InChI is InChI=1S/C15H14ClN5O3/c1-3-11(15(23)24-2)20-8-17-13-12(14(20)22)18-19-21(13)10-6-4-9(16)5-7-10/h4-8,11H,3H2,1-2H3/t11-/m1/s1. The summed E-state index contributed by atoms with van der Waals surface area (Å²) in [5.74, 6) is -0.508. The van der Waals surface area contributed by atoms with Gasteiger partial charge < -0.3 is 4.74 Å². The van der Waals surface area contributed by atoms with Crippen LogP contribution in [-0.4, -0.2) is 37.6 Å². The molecule has 2 aromatic heterocycles. The summed E-state index contributed by atoms with van der Waals surface area (Å²) in [6, 6.07) is 6.14. The summed E-state index contributed by atoms with van der Waals surface area (Å²) in [6.07, 6.45) is 1.70. The predicted molar refractivity (Wildman–Crippen MR) is 87.3 cm³/mol. The Kier molecular flexibility index (Phi) is 4.30. The van der Waals surface area contributed by atoms with Crippen molar-refractivity contribution in [3.05, 3.63) is 46.0 Å². The fourth-order valence-corrected chi connectivity index (χ4v) is 2.54. The first kappa shape index (κ1) is 16.1. The number of rotatable bonds is 4. The van der Waals surface area contributed by atoms with Gasteiger partial charge in [0.25, 0.3) is 5.56 Å². The lowest BCUT2D eigenvalue weighted by atomic mass is 10.2. The van der Waals surface area contributed by atoms with Crippen LogP contribution in [0.4, 0.5) is 0 Å². The van der Waals surface area contributed by atoms with Gasteiger partial charge in [-0.3, -0.25) is 9.36 Å². The Morgan fingerprint density at radius 1 is 1.33 bits per heavy atom. The number of ether oxygens (including phenoxy) is 1. The average molecular weight is 348 g/mol. The molecule has 0 saturated carbocycles. The molecule has 0 unspecified atom stereocenters. The summed E-state index contributed by atoms with van der Waals surface area (Å²) in [5.41, 5.74) is 0.608. The minimum absolute atomic E-state index is 0.0785. The predicted octanol–water partition coefficient (Wildman–Crippen LogP) is 1.75. The molecule has 0 aliphatic rings. The number of hydrogen-bond acceptors (Lipinski definition) is 6. The van der Waals surface area contributed by atoms with E-state index in [2.05, 4.69) is 15.3 Å². The highest BCUT2D eigenvalue weighted by molar-refractivity contribution is 6.30. The minimum atomic E-state index is -0.750. The van der Waals surface area contributed by atoms with Crippen molar-refractivity contribution in [1.82, 2.24) is 24.5 Å². The number of benzene rings is 1. The lowest BCUT2D eigenvalue weighted by molar-refractivity contribution is -0.144. The van der Waals surface area contributed by atoms with Crippen molar-refractivity contribution in [2.24, 2.45) is 0 Å². The van der Waals surface area contributed by atoms with Crippen molar-refractivity contribution in [2.75, 3.05) is 7.11 Å². The molecule has 124 valence electrons. The summed E-state index contributed by atoms with van der Waals surface area (Å²) < 4.78 is 7.39. The molecule has 0 amide bonds. The van der Waals surface area contributed by atoms with Crippen LogP contribution in [0.3, 0.4) is 0 Å². The molecule has 24 heavy (non-hydrogen) atoms. The molecule has 0 radical (unpaired) electrons. The minimum Gasteiger partial charge on any atom is -0.467 e. The monoisotopic (exact) mass is 347 g/mol. The number of aromatic nitrogens is 5. The zero-order chi connectivity index (χ0) is 17.3. The zero-order valence-electron chi connectivity index (χ0n) is 13.0. The summed E-state index contributed by atoms with van der Waals surface area (Å²) >= 11 is 5.87. The lowest BCUT2D eigenvalue weighted by Crippen LogP contribution is -2.30. The molecule has 8 nitrogen and oxygen atoms in total. The third-order valence-electron chi connectivity index (χ3n) is 3.66. The summed E-state index contributed by atoms with van der Waals surface area (Å²) in [4.78, 5) is 28.7. The lowest BCUT2D eigenvalue weighted by Gasteiger charge is -2.14. The van der Waals surface area contributed by atoms with Crippen LogP contribution in [0.2, 0.25) is 5.02 Å². The van der Waals surface area contributed by atoms with E-state index in [1.54, 1.807) is 31.2 Å². The maximum absolute atomic E-state index is 12.6. The fraction of sp³-hybridized carbons (Fsp3) is 0.267. The number of carbonyl (C=O) groups excluding carboxylic acids is 1. The molecule has 0 saturated heterocycles. The molecule has 1 aromatic carbocycles. The summed E-state index contributed by atoms with van der Waals surface area (Å²) in [5, 5.41) is 8.48. The SMILES string of the molecule is CC[C@H](C(=O)OC)n1cnc2c(nnn2-c2ccc(Cl)cc2)c1=O. The number of hydrogen-bond donors (Lipinski definition) is 0. The summed E-state index contributed by atoms with van der Waals surface area (Å²) in [6.45, 7) is 1.78. The van der Waals surface area contributed by atoms with Gasteiger partial charge in [0.05, 0.1) is 12.8 Å². The molecule has 3 rings (SSSR count). The number of methoxy groups -OCH3 is 1. The van der Waals surface area contributed by atoms with E-state index >= 15 is 0 Å². The smallest absolute Gasteiger partial charge is 0.329 e. The Balaban J connectivity index is 2.13. The van der Waals surface area contributed by atoms with Gasteiger partial charge in [-0.1, -0.05) is 23.7 Å². The van der Waals surface area contributed by atoms with Crippen LogP contribution in [0.15, 0.2) is 35.4 Å². The molecule has 1 atom stereocenters. The second kappa shape index (κ2) is 6.40.